The average Bonchev–Trinajstić information content (AvgIpc) is 3.29. The lowest BCUT2D eigenvalue weighted by Crippen LogP contribution is -2.41. The molecule has 11 nitrogen and oxygen atoms in total. The van der Waals surface area contributed by atoms with Gasteiger partial charge in [-0.1, -0.05) is 5.11 Å². The predicted octanol–water partition coefficient (Wildman–Crippen LogP) is 4.29. The van der Waals surface area contributed by atoms with Crippen LogP contribution < -0.4 is 18.9 Å². The molecule has 4 rings (SSSR count). The monoisotopic (exact) mass is 490 g/mol. The zero-order chi connectivity index (χ0) is 25.5. The fourth-order valence-corrected chi connectivity index (χ4v) is 3.71. The molecule has 0 aliphatic heterocycles. The molecule has 0 saturated heterocycles. The Morgan fingerprint density at radius 2 is 1.56 bits per heavy atom. The Bertz CT molecular complexity index is 1340. The molecule has 2 aromatic carbocycles. The zero-order valence-electron chi connectivity index (χ0n) is 20.1. The molecule has 2 heterocycles. The van der Waals surface area contributed by atoms with Gasteiger partial charge in [-0.2, -0.15) is 5.10 Å². The van der Waals surface area contributed by atoms with E-state index < -0.39 is 24.9 Å². The smallest absolute Gasteiger partial charge is 0.164 e. The standard InChI is InChI=1S/C25H26N6O5/c1-16-12-23-27-13-17(14-31(23)29-16)24(35-20-8-4-18(33-2)5-9-20)25(22(15-32)28-30-26)36-21-10-6-19(34-3)7-11-21/h4-14,22,24-25,32H,15H2,1-3H3/t22?,24-,25+/m1/s1. The zero-order valence-corrected chi connectivity index (χ0v) is 20.1. The quantitative estimate of drug-likeness (QED) is 0.188. The molecule has 11 heteroatoms. The van der Waals surface area contributed by atoms with Gasteiger partial charge in [-0.25, -0.2) is 9.50 Å². The lowest BCUT2D eigenvalue weighted by Gasteiger charge is -2.31. The van der Waals surface area contributed by atoms with E-state index in [0.29, 0.717) is 34.2 Å². The Kier molecular flexibility index (Phi) is 7.74. The first kappa shape index (κ1) is 24.6. The molecule has 0 saturated carbocycles. The van der Waals surface area contributed by atoms with Crippen molar-refractivity contribution in [3.63, 3.8) is 0 Å². The molecule has 4 aromatic rings. The number of nitrogens with zero attached hydrogens (tertiary/aromatic N) is 6. The SMILES string of the molecule is COc1ccc(O[C@H](c2cnc3cc(C)nn3c2)[C@@H](Oc2ccc(OC)cc2)C(CO)N=[N+]=[N-])cc1. The molecule has 186 valence electrons. The van der Waals surface area contributed by atoms with Gasteiger partial charge in [0.15, 0.2) is 17.9 Å². The third kappa shape index (κ3) is 5.60. The highest BCUT2D eigenvalue weighted by molar-refractivity contribution is 5.40. The van der Waals surface area contributed by atoms with Gasteiger partial charge in [0.1, 0.15) is 29.0 Å². The van der Waals surface area contributed by atoms with Crippen molar-refractivity contribution < 1.29 is 24.1 Å². The van der Waals surface area contributed by atoms with E-state index in [9.17, 15) is 10.6 Å². The van der Waals surface area contributed by atoms with Crippen molar-refractivity contribution in [1.29, 1.82) is 0 Å². The van der Waals surface area contributed by atoms with Crippen LogP contribution in [0.4, 0.5) is 0 Å². The van der Waals surface area contributed by atoms with Crippen LogP contribution in [0.3, 0.4) is 0 Å². The summed E-state index contributed by atoms with van der Waals surface area (Å²) >= 11 is 0. The molecular formula is C25H26N6O5. The Balaban J connectivity index is 1.79. The number of rotatable bonds is 11. The van der Waals surface area contributed by atoms with Crippen LogP contribution in [0.5, 0.6) is 23.0 Å². The minimum Gasteiger partial charge on any atom is -0.497 e. The summed E-state index contributed by atoms with van der Waals surface area (Å²) in [6.45, 7) is 1.41. The van der Waals surface area contributed by atoms with Crippen molar-refractivity contribution in [3.8, 4) is 23.0 Å². The largest absolute Gasteiger partial charge is 0.497 e. The molecule has 0 amide bonds. The number of fused-ring (bicyclic) bond motifs is 1. The maximum atomic E-state index is 10.1. The second-order valence-electron chi connectivity index (χ2n) is 7.90. The number of hydrogen-bond donors (Lipinski definition) is 1. The minimum absolute atomic E-state index is 0.468. The number of ether oxygens (including phenoxy) is 4. The Morgan fingerprint density at radius 3 is 2.11 bits per heavy atom. The second kappa shape index (κ2) is 11.3. The number of aryl methyl sites for hydroxylation is 1. The molecule has 0 bridgehead atoms. The van der Waals surface area contributed by atoms with Gasteiger partial charge >= 0.3 is 0 Å². The Morgan fingerprint density at radius 1 is 0.972 bits per heavy atom. The van der Waals surface area contributed by atoms with E-state index in [4.69, 9.17) is 18.9 Å². The summed E-state index contributed by atoms with van der Waals surface area (Å²) in [5.74, 6) is 2.31. The lowest BCUT2D eigenvalue weighted by atomic mass is 10.0. The molecule has 2 aromatic heterocycles. The Labute approximate surface area is 207 Å². The molecule has 0 aliphatic rings. The van der Waals surface area contributed by atoms with Crippen molar-refractivity contribution in [2.45, 2.75) is 25.2 Å². The fraction of sp³-hybridized carbons (Fsp3) is 0.280. The van der Waals surface area contributed by atoms with Crippen LogP contribution in [0.2, 0.25) is 0 Å². The van der Waals surface area contributed by atoms with Crippen LogP contribution in [0, 0.1) is 6.92 Å². The summed E-state index contributed by atoms with van der Waals surface area (Å²) in [7, 11) is 3.15. The number of benzene rings is 2. The lowest BCUT2D eigenvalue weighted by molar-refractivity contribution is 0.0222. The molecule has 0 spiro atoms. The molecule has 0 radical (unpaired) electrons. The van der Waals surface area contributed by atoms with Crippen LogP contribution in [-0.4, -0.2) is 52.7 Å². The molecule has 3 atom stereocenters. The highest BCUT2D eigenvalue weighted by Crippen LogP contribution is 2.32. The van der Waals surface area contributed by atoms with Gasteiger partial charge < -0.3 is 24.1 Å². The van der Waals surface area contributed by atoms with Crippen LogP contribution in [0.15, 0.2) is 72.1 Å². The van der Waals surface area contributed by atoms with Crippen LogP contribution in [0.25, 0.3) is 16.1 Å². The number of azide groups is 1. The van der Waals surface area contributed by atoms with Gasteiger partial charge in [0, 0.05) is 28.9 Å². The van der Waals surface area contributed by atoms with Gasteiger partial charge in [0.05, 0.1) is 26.5 Å². The summed E-state index contributed by atoms with van der Waals surface area (Å²) in [6.07, 6.45) is 1.65. The fourth-order valence-electron chi connectivity index (χ4n) is 3.71. The number of aliphatic hydroxyl groups is 1. The van der Waals surface area contributed by atoms with Crippen molar-refractivity contribution >= 4 is 5.65 Å². The summed E-state index contributed by atoms with van der Waals surface area (Å²) in [4.78, 5) is 7.41. The van der Waals surface area contributed by atoms with Crippen LogP contribution in [0.1, 0.15) is 17.4 Å². The normalized spacial score (nSPS) is 13.3. The summed E-state index contributed by atoms with van der Waals surface area (Å²) in [5.41, 5.74) is 11.3. The molecule has 1 unspecified atom stereocenters. The summed E-state index contributed by atoms with van der Waals surface area (Å²) in [5, 5.41) is 18.4. The van der Waals surface area contributed by atoms with E-state index >= 15 is 0 Å². The first-order valence-corrected chi connectivity index (χ1v) is 11.1. The number of aromatic nitrogens is 3. The first-order chi connectivity index (χ1) is 17.5. The van der Waals surface area contributed by atoms with Crippen molar-refractivity contribution in [3.05, 3.63) is 88.7 Å². The van der Waals surface area contributed by atoms with Gasteiger partial charge in [-0.15, -0.1) is 0 Å². The van der Waals surface area contributed by atoms with Gasteiger partial charge in [0.2, 0.25) is 0 Å². The van der Waals surface area contributed by atoms with Crippen molar-refractivity contribution in [1.82, 2.24) is 14.6 Å². The predicted molar refractivity (Wildman–Crippen MR) is 132 cm³/mol. The number of hydrogen-bond acceptors (Lipinski definition) is 8. The molecule has 0 aliphatic carbocycles. The Hall–Kier alpha value is -4.47. The topological polar surface area (TPSA) is 136 Å². The van der Waals surface area contributed by atoms with Crippen LogP contribution >= 0.6 is 0 Å². The molecular weight excluding hydrogens is 464 g/mol. The van der Waals surface area contributed by atoms with Crippen LogP contribution in [-0.2, 0) is 0 Å². The van der Waals surface area contributed by atoms with E-state index in [1.807, 2.05) is 13.0 Å². The molecule has 1 N–H and O–H groups in total. The van der Waals surface area contributed by atoms with Gasteiger partial charge in [0.25, 0.3) is 0 Å². The van der Waals surface area contributed by atoms with Crippen molar-refractivity contribution in [2.75, 3.05) is 20.8 Å². The summed E-state index contributed by atoms with van der Waals surface area (Å²) < 4.78 is 24.8. The highest BCUT2D eigenvalue weighted by atomic mass is 16.5. The molecule has 36 heavy (non-hydrogen) atoms. The minimum atomic E-state index is -0.976. The number of aliphatic hydroxyl groups excluding tert-OH is 1. The first-order valence-electron chi connectivity index (χ1n) is 11.1. The second-order valence-corrected chi connectivity index (χ2v) is 7.90. The summed E-state index contributed by atoms with van der Waals surface area (Å²) in [6, 6.07) is 14.8. The number of methoxy groups -OCH3 is 2. The molecule has 0 fully saturated rings. The van der Waals surface area contributed by atoms with Crippen molar-refractivity contribution in [2.24, 2.45) is 5.11 Å². The van der Waals surface area contributed by atoms with E-state index in [2.05, 4.69) is 20.1 Å². The maximum absolute atomic E-state index is 10.1. The van der Waals surface area contributed by atoms with E-state index in [-0.39, 0.29) is 0 Å². The highest BCUT2D eigenvalue weighted by Gasteiger charge is 2.35. The van der Waals surface area contributed by atoms with E-state index in [1.54, 1.807) is 79.7 Å². The van der Waals surface area contributed by atoms with Gasteiger partial charge in [-0.3, -0.25) is 0 Å². The van der Waals surface area contributed by atoms with E-state index in [1.165, 1.54) is 0 Å². The van der Waals surface area contributed by atoms with E-state index in [0.717, 1.165) is 5.69 Å². The average molecular weight is 491 g/mol. The third-order valence-electron chi connectivity index (χ3n) is 5.50. The maximum Gasteiger partial charge on any atom is 0.164 e. The third-order valence-corrected chi connectivity index (χ3v) is 5.50. The van der Waals surface area contributed by atoms with Gasteiger partial charge in [-0.05, 0) is 61.0 Å².